The molecule has 2 aliphatic heterocycles. The van der Waals surface area contributed by atoms with E-state index in [1.807, 2.05) is 17.0 Å². The van der Waals surface area contributed by atoms with Crippen molar-refractivity contribution in [3.8, 4) is 5.75 Å². The summed E-state index contributed by atoms with van der Waals surface area (Å²) in [6.45, 7) is 5.00. The molecule has 4 rings (SSSR count). The van der Waals surface area contributed by atoms with Gasteiger partial charge in [-0.05, 0) is 55.7 Å². The van der Waals surface area contributed by atoms with Crippen LogP contribution in [0.4, 0.5) is 0 Å². The lowest BCUT2D eigenvalue weighted by atomic mass is 9.80. The Hall–Kier alpha value is -1.83. The van der Waals surface area contributed by atoms with Crippen LogP contribution in [0.3, 0.4) is 0 Å². The molecule has 1 aromatic rings. The third-order valence-electron chi connectivity index (χ3n) is 7.97. The van der Waals surface area contributed by atoms with Crippen molar-refractivity contribution in [3.05, 3.63) is 29.8 Å². The lowest BCUT2D eigenvalue weighted by Crippen LogP contribution is -2.75. The molecule has 190 valence electrons. The molecule has 2 N–H and O–H groups in total. The van der Waals surface area contributed by atoms with Crippen molar-refractivity contribution in [3.63, 3.8) is 0 Å². The standard InChI is InChI=1S/C26H39N3O4.ClH/c1-3-4-15-29-24(31)22(23(30)20-7-5-6-8-20)27-25(32)26(29)13-16-28(17-14-26)18-19-9-11-21(33-2)12-10-19;/h9-12,20,22-23,30H,3-8,13-18H2,1-2H3,(H,27,32);1H/t22-,23-;/m1./s1. The number of unbranched alkanes of at least 4 members (excludes halogenated alkanes) is 1. The maximum atomic E-state index is 13.6. The number of benzene rings is 1. The molecule has 3 aliphatic rings. The van der Waals surface area contributed by atoms with Gasteiger partial charge in [0.15, 0.2) is 0 Å². The van der Waals surface area contributed by atoms with Gasteiger partial charge < -0.3 is 20.1 Å². The van der Waals surface area contributed by atoms with Crippen LogP contribution in [0.5, 0.6) is 5.75 Å². The molecule has 7 nitrogen and oxygen atoms in total. The summed E-state index contributed by atoms with van der Waals surface area (Å²) in [4.78, 5) is 31.3. The average molecular weight is 494 g/mol. The number of aliphatic hydroxyl groups is 1. The number of aliphatic hydroxyl groups excluding tert-OH is 1. The lowest BCUT2D eigenvalue weighted by Gasteiger charge is -2.52. The molecule has 0 bridgehead atoms. The van der Waals surface area contributed by atoms with E-state index >= 15 is 0 Å². The molecular formula is C26H40ClN3O4. The van der Waals surface area contributed by atoms with Crippen molar-refractivity contribution in [2.75, 3.05) is 26.7 Å². The number of carbonyl (C=O) groups is 2. The van der Waals surface area contributed by atoms with Gasteiger partial charge in [-0.25, -0.2) is 0 Å². The minimum Gasteiger partial charge on any atom is -0.497 e. The quantitative estimate of drug-likeness (QED) is 0.581. The third kappa shape index (κ3) is 5.37. The zero-order valence-electron chi connectivity index (χ0n) is 20.5. The number of nitrogens with one attached hydrogen (secondary N) is 1. The third-order valence-corrected chi connectivity index (χ3v) is 7.97. The van der Waals surface area contributed by atoms with E-state index in [0.29, 0.717) is 19.4 Å². The van der Waals surface area contributed by atoms with Crippen molar-refractivity contribution < 1.29 is 19.4 Å². The normalized spacial score (nSPS) is 24.1. The molecular weight excluding hydrogens is 454 g/mol. The number of piperidine rings is 1. The van der Waals surface area contributed by atoms with E-state index in [4.69, 9.17) is 4.74 Å². The van der Waals surface area contributed by atoms with E-state index < -0.39 is 17.7 Å². The summed E-state index contributed by atoms with van der Waals surface area (Å²) >= 11 is 0. The van der Waals surface area contributed by atoms with Gasteiger partial charge in [0, 0.05) is 26.2 Å². The molecule has 1 spiro atoms. The van der Waals surface area contributed by atoms with Gasteiger partial charge >= 0.3 is 0 Å². The second kappa shape index (κ2) is 11.7. The van der Waals surface area contributed by atoms with Crippen LogP contribution in [-0.4, -0.2) is 71.1 Å². The van der Waals surface area contributed by atoms with E-state index in [-0.39, 0.29) is 30.1 Å². The fourth-order valence-corrected chi connectivity index (χ4v) is 5.85. The molecule has 2 saturated heterocycles. The summed E-state index contributed by atoms with van der Waals surface area (Å²) in [5.74, 6) is 0.776. The van der Waals surface area contributed by atoms with E-state index in [1.54, 1.807) is 7.11 Å². The number of rotatable bonds is 8. The highest BCUT2D eigenvalue weighted by molar-refractivity contribution is 6.00. The van der Waals surface area contributed by atoms with Crippen molar-refractivity contribution in [2.24, 2.45) is 5.92 Å². The minimum atomic E-state index is -0.805. The zero-order valence-corrected chi connectivity index (χ0v) is 21.3. The minimum absolute atomic E-state index is 0. The molecule has 8 heteroatoms. The first-order chi connectivity index (χ1) is 16.0. The number of amides is 2. The summed E-state index contributed by atoms with van der Waals surface area (Å²) < 4.78 is 5.24. The number of hydrogen-bond acceptors (Lipinski definition) is 5. The summed E-state index contributed by atoms with van der Waals surface area (Å²) in [6.07, 6.45) is 6.31. The van der Waals surface area contributed by atoms with Gasteiger partial charge in [-0.1, -0.05) is 38.3 Å². The Morgan fingerprint density at radius 2 is 1.79 bits per heavy atom. The van der Waals surface area contributed by atoms with E-state index in [9.17, 15) is 14.7 Å². The number of likely N-dealkylation sites (tertiary alicyclic amines) is 1. The number of nitrogens with zero attached hydrogens (tertiary/aromatic N) is 2. The first-order valence-corrected chi connectivity index (χ1v) is 12.6. The van der Waals surface area contributed by atoms with Gasteiger partial charge in [-0.2, -0.15) is 0 Å². The zero-order chi connectivity index (χ0) is 23.4. The number of halogens is 1. The first kappa shape index (κ1) is 26.8. The Labute approximate surface area is 209 Å². The second-order valence-corrected chi connectivity index (χ2v) is 9.99. The highest BCUT2D eigenvalue weighted by Crippen LogP contribution is 2.36. The highest BCUT2D eigenvalue weighted by Gasteiger charge is 2.55. The number of hydrogen-bond donors (Lipinski definition) is 2. The maximum absolute atomic E-state index is 13.6. The Kier molecular flexibility index (Phi) is 9.24. The molecule has 34 heavy (non-hydrogen) atoms. The van der Waals surface area contributed by atoms with Gasteiger partial charge in [0.1, 0.15) is 17.3 Å². The summed E-state index contributed by atoms with van der Waals surface area (Å²) in [6, 6.07) is 7.28. The summed E-state index contributed by atoms with van der Waals surface area (Å²) in [7, 11) is 1.66. The fourth-order valence-electron chi connectivity index (χ4n) is 5.85. The Morgan fingerprint density at radius 1 is 1.15 bits per heavy atom. The number of carbonyl (C=O) groups excluding carboxylic acids is 2. The largest absolute Gasteiger partial charge is 0.497 e. The van der Waals surface area contributed by atoms with E-state index in [2.05, 4.69) is 29.3 Å². The van der Waals surface area contributed by atoms with E-state index in [1.165, 1.54) is 5.56 Å². The molecule has 1 aromatic carbocycles. The first-order valence-electron chi connectivity index (χ1n) is 12.6. The van der Waals surface area contributed by atoms with Gasteiger partial charge in [0.2, 0.25) is 11.8 Å². The Morgan fingerprint density at radius 3 is 2.38 bits per heavy atom. The average Bonchev–Trinajstić information content (AvgIpc) is 3.38. The number of ether oxygens (including phenoxy) is 1. The van der Waals surface area contributed by atoms with Crippen molar-refractivity contribution in [1.29, 1.82) is 0 Å². The van der Waals surface area contributed by atoms with Crippen molar-refractivity contribution in [1.82, 2.24) is 15.1 Å². The van der Waals surface area contributed by atoms with Gasteiger partial charge in [0.25, 0.3) is 0 Å². The van der Waals surface area contributed by atoms with Gasteiger partial charge in [-0.3, -0.25) is 14.5 Å². The van der Waals surface area contributed by atoms with Crippen molar-refractivity contribution in [2.45, 2.75) is 82.5 Å². The predicted molar refractivity (Wildman–Crippen MR) is 134 cm³/mol. The molecule has 3 fully saturated rings. The van der Waals surface area contributed by atoms with Gasteiger partial charge in [0.05, 0.1) is 13.2 Å². The fraction of sp³-hybridized carbons (Fsp3) is 0.692. The molecule has 0 radical (unpaired) electrons. The molecule has 0 aromatic heterocycles. The second-order valence-electron chi connectivity index (χ2n) is 9.99. The smallest absolute Gasteiger partial charge is 0.248 e. The molecule has 0 unspecified atom stereocenters. The van der Waals surface area contributed by atoms with Crippen LogP contribution in [0.2, 0.25) is 0 Å². The summed E-state index contributed by atoms with van der Waals surface area (Å²) in [5, 5.41) is 13.9. The monoisotopic (exact) mass is 493 g/mol. The Bertz CT molecular complexity index is 820. The topological polar surface area (TPSA) is 82.1 Å². The number of methoxy groups -OCH3 is 1. The van der Waals surface area contributed by atoms with Gasteiger partial charge in [-0.15, -0.1) is 12.4 Å². The van der Waals surface area contributed by atoms with Crippen LogP contribution in [-0.2, 0) is 16.1 Å². The molecule has 2 atom stereocenters. The maximum Gasteiger partial charge on any atom is 0.248 e. The van der Waals surface area contributed by atoms with E-state index in [0.717, 1.165) is 63.9 Å². The molecule has 2 amide bonds. The molecule has 2 heterocycles. The van der Waals surface area contributed by atoms with Crippen LogP contribution in [0.1, 0.15) is 63.9 Å². The number of piperazine rings is 1. The van der Waals surface area contributed by atoms with Crippen LogP contribution >= 0.6 is 12.4 Å². The summed E-state index contributed by atoms with van der Waals surface area (Å²) in [5.41, 5.74) is 0.410. The van der Waals surface area contributed by atoms with Crippen molar-refractivity contribution >= 4 is 24.2 Å². The predicted octanol–water partition coefficient (Wildman–Crippen LogP) is 3.13. The van der Waals surface area contributed by atoms with Crippen LogP contribution < -0.4 is 10.1 Å². The Balaban J connectivity index is 0.00000324. The lowest BCUT2D eigenvalue weighted by molar-refractivity contribution is -0.165. The van der Waals surface area contributed by atoms with Crippen LogP contribution in [0.25, 0.3) is 0 Å². The molecule has 1 aliphatic carbocycles. The highest BCUT2D eigenvalue weighted by atomic mass is 35.5. The molecule has 1 saturated carbocycles. The van der Waals surface area contributed by atoms with Crippen LogP contribution in [0, 0.1) is 5.92 Å². The van der Waals surface area contributed by atoms with Crippen LogP contribution in [0.15, 0.2) is 24.3 Å². The SMILES string of the molecule is CCCCN1C(=O)[C@@H]([C@H](O)C2CCCC2)NC(=O)C12CCN(Cc1ccc(OC)cc1)CC2.Cl.